The zero-order valence-corrected chi connectivity index (χ0v) is 10.6. The summed E-state index contributed by atoms with van der Waals surface area (Å²) in [6, 6.07) is 5.46. The lowest BCUT2D eigenvalue weighted by molar-refractivity contribution is 0.531. The largest absolute Gasteiger partial charge is 0.380 e. The van der Waals surface area contributed by atoms with E-state index >= 15 is 0 Å². The molecule has 0 spiro atoms. The average molecular weight is 239 g/mol. The Hall–Kier alpha value is -1.03. The van der Waals surface area contributed by atoms with Gasteiger partial charge in [0.2, 0.25) is 0 Å². The molecule has 16 heavy (non-hydrogen) atoms. The predicted octanol–water partition coefficient (Wildman–Crippen LogP) is 2.22. The molecule has 1 aromatic carbocycles. The van der Waals surface area contributed by atoms with Crippen LogP contribution in [0, 0.1) is 12.8 Å². The minimum atomic E-state index is -3.12. The van der Waals surface area contributed by atoms with E-state index in [0.717, 1.165) is 11.3 Å². The molecule has 1 heterocycles. The monoisotopic (exact) mass is 239 g/mol. The van der Waals surface area contributed by atoms with Crippen molar-refractivity contribution in [2.75, 3.05) is 11.1 Å². The van der Waals surface area contributed by atoms with Crippen molar-refractivity contribution in [3.63, 3.8) is 0 Å². The van der Waals surface area contributed by atoms with Crippen LogP contribution in [0.3, 0.4) is 0 Å². The Bertz CT molecular complexity index is 506. The maximum atomic E-state index is 12.1. The van der Waals surface area contributed by atoms with E-state index in [9.17, 15) is 8.42 Å². The van der Waals surface area contributed by atoms with E-state index in [-0.39, 0.29) is 11.8 Å². The first kappa shape index (κ1) is 11.5. The van der Waals surface area contributed by atoms with E-state index in [0.29, 0.717) is 10.8 Å². The van der Waals surface area contributed by atoms with Gasteiger partial charge < -0.3 is 5.32 Å². The molecule has 2 rings (SSSR count). The fraction of sp³-hybridized carbons (Fsp3) is 0.500. The van der Waals surface area contributed by atoms with Gasteiger partial charge in [-0.05, 0) is 30.5 Å². The minimum Gasteiger partial charge on any atom is -0.380 e. The maximum Gasteiger partial charge on any atom is 0.182 e. The summed E-state index contributed by atoms with van der Waals surface area (Å²) in [5, 5.41) is 3.31. The fourth-order valence-corrected chi connectivity index (χ4v) is 3.80. The number of fused-ring (bicyclic) bond motifs is 1. The highest BCUT2D eigenvalue weighted by molar-refractivity contribution is 7.91. The summed E-state index contributed by atoms with van der Waals surface area (Å²) < 4.78 is 24.1. The molecule has 0 bridgehead atoms. The standard InChI is InChI=1S/C12H17NO2S/c1-8(2)11-7-16(14,15)12-5-4-9(3)6-10(12)13-11/h4-6,8,11,13H,7H2,1-3H3. The third kappa shape index (κ3) is 1.94. The van der Waals surface area contributed by atoms with Crippen LogP contribution in [-0.2, 0) is 9.84 Å². The van der Waals surface area contributed by atoms with Crippen molar-refractivity contribution in [2.24, 2.45) is 5.92 Å². The zero-order valence-electron chi connectivity index (χ0n) is 9.82. The van der Waals surface area contributed by atoms with Crippen molar-refractivity contribution in [1.82, 2.24) is 0 Å². The molecule has 0 amide bonds. The molecule has 1 N–H and O–H groups in total. The van der Waals surface area contributed by atoms with Crippen LogP contribution in [0.2, 0.25) is 0 Å². The second-order valence-corrected chi connectivity index (χ2v) is 6.78. The second kappa shape index (κ2) is 3.77. The fourth-order valence-electron chi connectivity index (χ4n) is 1.95. The van der Waals surface area contributed by atoms with Crippen LogP contribution in [0.15, 0.2) is 23.1 Å². The molecule has 0 aliphatic carbocycles. The summed E-state index contributed by atoms with van der Waals surface area (Å²) in [5.74, 6) is 0.504. The average Bonchev–Trinajstić information content (AvgIpc) is 2.15. The van der Waals surface area contributed by atoms with E-state index in [2.05, 4.69) is 5.32 Å². The molecule has 0 radical (unpaired) electrons. The number of sulfone groups is 1. The number of anilines is 1. The SMILES string of the molecule is Cc1ccc2c(c1)NC(C(C)C)CS2(=O)=O. The molecule has 0 saturated carbocycles. The van der Waals surface area contributed by atoms with Crippen molar-refractivity contribution >= 4 is 15.5 Å². The van der Waals surface area contributed by atoms with E-state index < -0.39 is 9.84 Å². The van der Waals surface area contributed by atoms with Crippen molar-refractivity contribution in [2.45, 2.75) is 31.7 Å². The van der Waals surface area contributed by atoms with Crippen LogP contribution in [0.4, 0.5) is 5.69 Å². The molecule has 1 atom stereocenters. The molecule has 1 aliphatic rings. The lowest BCUT2D eigenvalue weighted by Crippen LogP contribution is -2.38. The van der Waals surface area contributed by atoms with Crippen LogP contribution in [0.5, 0.6) is 0 Å². The molecule has 0 fully saturated rings. The number of hydrogen-bond donors (Lipinski definition) is 1. The van der Waals surface area contributed by atoms with E-state index in [4.69, 9.17) is 0 Å². The normalized spacial score (nSPS) is 22.6. The predicted molar refractivity (Wildman–Crippen MR) is 65.5 cm³/mol. The quantitative estimate of drug-likeness (QED) is 0.817. The molecule has 3 nitrogen and oxygen atoms in total. The van der Waals surface area contributed by atoms with Crippen molar-refractivity contribution < 1.29 is 8.42 Å². The number of benzene rings is 1. The van der Waals surface area contributed by atoms with Gasteiger partial charge in [-0.15, -0.1) is 0 Å². The Balaban J connectivity index is 2.52. The van der Waals surface area contributed by atoms with Crippen molar-refractivity contribution in [3.8, 4) is 0 Å². The molecule has 1 aliphatic heterocycles. The number of aryl methyl sites for hydroxylation is 1. The van der Waals surface area contributed by atoms with Crippen LogP contribution in [0.25, 0.3) is 0 Å². The molecule has 4 heteroatoms. The summed E-state index contributed by atoms with van der Waals surface area (Å²) in [4.78, 5) is 0.440. The summed E-state index contributed by atoms with van der Waals surface area (Å²) in [6.07, 6.45) is 0. The van der Waals surface area contributed by atoms with Crippen LogP contribution in [-0.4, -0.2) is 20.2 Å². The summed E-state index contributed by atoms with van der Waals surface area (Å²) in [6.45, 7) is 6.04. The van der Waals surface area contributed by atoms with E-state index in [1.807, 2.05) is 32.9 Å². The molecule has 1 unspecified atom stereocenters. The molecular formula is C12H17NO2S. The lowest BCUT2D eigenvalue weighted by Gasteiger charge is -2.29. The maximum absolute atomic E-state index is 12.1. The Kier molecular flexibility index (Phi) is 2.70. The minimum absolute atomic E-state index is 0.0132. The van der Waals surface area contributed by atoms with Gasteiger partial charge in [0, 0.05) is 6.04 Å². The summed E-state index contributed by atoms with van der Waals surface area (Å²) in [5.41, 5.74) is 1.83. The van der Waals surface area contributed by atoms with Gasteiger partial charge in [-0.25, -0.2) is 8.42 Å². The van der Waals surface area contributed by atoms with E-state index in [1.165, 1.54) is 0 Å². The molecule has 0 aromatic heterocycles. The Labute approximate surface area is 96.8 Å². The number of rotatable bonds is 1. The van der Waals surface area contributed by atoms with E-state index in [1.54, 1.807) is 6.07 Å². The molecule has 1 aromatic rings. The van der Waals surface area contributed by atoms with Crippen LogP contribution >= 0.6 is 0 Å². The van der Waals surface area contributed by atoms with Crippen LogP contribution < -0.4 is 5.32 Å². The van der Waals surface area contributed by atoms with Gasteiger partial charge >= 0.3 is 0 Å². The summed E-state index contributed by atoms with van der Waals surface area (Å²) >= 11 is 0. The lowest BCUT2D eigenvalue weighted by atomic mass is 10.1. The third-order valence-electron chi connectivity index (χ3n) is 3.01. The van der Waals surface area contributed by atoms with Crippen LogP contribution in [0.1, 0.15) is 19.4 Å². The number of hydrogen-bond acceptors (Lipinski definition) is 3. The molecular weight excluding hydrogens is 222 g/mol. The summed E-state index contributed by atoms with van der Waals surface area (Å²) in [7, 11) is -3.12. The van der Waals surface area contributed by atoms with Crippen molar-refractivity contribution in [3.05, 3.63) is 23.8 Å². The van der Waals surface area contributed by atoms with Gasteiger partial charge in [0.15, 0.2) is 9.84 Å². The first-order chi connectivity index (χ1) is 7.40. The molecule has 88 valence electrons. The number of nitrogens with one attached hydrogen (secondary N) is 1. The first-order valence-corrected chi connectivity index (χ1v) is 7.15. The Morgan fingerprint density at radius 1 is 1.38 bits per heavy atom. The van der Waals surface area contributed by atoms with Gasteiger partial charge in [-0.3, -0.25) is 0 Å². The van der Waals surface area contributed by atoms with Gasteiger partial charge in [-0.1, -0.05) is 19.9 Å². The highest BCUT2D eigenvalue weighted by atomic mass is 32.2. The first-order valence-electron chi connectivity index (χ1n) is 5.50. The van der Waals surface area contributed by atoms with Gasteiger partial charge in [-0.2, -0.15) is 0 Å². The third-order valence-corrected chi connectivity index (χ3v) is 4.84. The van der Waals surface area contributed by atoms with Crippen molar-refractivity contribution in [1.29, 1.82) is 0 Å². The van der Waals surface area contributed by atoms with Gasteiger partial charge in [0.25, 0.3) is 0 Å². The smallest absolute Gasteiger partial charge is 0.182 e. The topological polar surface area (TPSA) is 46.2 Å². The van der Waals surface area contributed by atoms with Gasteiger partial charge in [0.1, 0.15) is 0 Å². The zero-order chi connectivity index (χ0) is 11.9. The highest BCUT2D eigenvalue weighted by Gasteiger charge is 2.31. The highest BCUT2D eigenvalue weighted by Crippen LogP contribution is 2.31. The second-order valence-electron chi connectivity index (χ2n) is 4.78. The Morgan fingerprint density at radius 2 is 2.06 bits per heavy atom. The Morgan fingerprint density at radius 3 is 2.69 bits per heavy atom. The van der Waals surface area contributed by atoms with Gasteiger partial charge in [0.05, 0.1) is 16.3 Å². The molecule has 0 saturated heterocycles.